The van der Waals surface area contributed by atoms with E-state index in [1.807, 2.05) is 0 Å². The van der Waals surface area contributed by atoms with E-state index in [2.05, 4.69) is 15.0 Å². The van der Waals surface area contributed by atoms with Crippen molar-refractivity contribution in [1.29, 1.82) is 0 Å². The Kier molecular flexibility index (Phi) is 10.6. The van der Waals surface area contributed by atoms with Gasteiger partial charge in [-0.15, -0.1) is 5.11 Å². The molecular weight excluding hydrogens is 470 g/mol. The van der Waals surface area contributed by atoms with Crippen molar-refractivity contribution in [2.75, 3.05) is 51.9 Å². The number of nitrogens with zero attached hydrogens (tertiary/aromatic N) is 3. The highest BCUT2D eigenvalue weighted by molar-refractivity contribution is 7.89. The van der Waals surface area contributed by atoms with Crippen LogP contribution in [0, 0.1) is 6.92 Å². The molecule has 0 unspecified atom stereocenters. The van der Waals surface area contributed by atoms with Crippen LogP contribution < -0.4 is 16.0 Å². The average molecular weight is 500 g/mol. The summed E-state index contributed by atoms with van der Waals surface area (Å²) in [6, 6.07) is 5.53. The Bertz CT molecular complexity index is 1130. The maximum absolute atomic E-state index is 12.4. The third-order valence-electron chi connectivity index (χ3n) is 4.58. The number of nitrogens with two attached hydrogens (primary N) is 1. The fourth-order valence-corrected chi connectivity index (χ4v) is 3.79. The van der Waals surface area contributed by atoms with Gasteiger partial charge in [0.15, 0.2) is 5.69 Å². The monoisotopic (exact) mass is 499 g/mol. The van der Waals surface area contributed by atoms with Crippen LogP contribution in [0.1, 0.15) is 5.56 Å². The molecule has 0 atom stereocenters. The van der Waals surface area contributed by atoms with Crippen molar-refractivity contribution in [3.63, 3.8) is 0 Å². The fraction of sp³-hybridized carbons (Fsp3) is 0.450. The van der Waals surface area contributed by atoms with Gasteiger partial charge in [-0.25, -0.2) is 13.1 Å². The van der Waals surface area contributed by atoms with E-state index in [1.54, 1.807) is 0 Å². The minimum absolute atomic E-state index is 0.00769. The van der Waals surface area contributed by atoms with Gasteiger partial charge in [0.05, 0.1) is 56.8 Å². The smallest absolute Gasteiger partial charge is 0.276 e. The highest BCUT2D eigenvalue weighted by Gasteiger charge is 2.18. The molecular formula is C20H29N5O8S. The number of hydrogen-bond acceptors (Lipinski definition) is 11. The summed E-state index contributed by atoms with van der Waals surface area (Å²) >= 11 is 0. The van der Waals surface area contributed by atoms with Crippen LogP contribution in [0.15, 0.2) is 44.2 Å². The van der Waals surface area contributed by atoms with Gasteiger partial charge in [-0.3, -0.25) is 9.36 Å². The summed E-state index contributed by atoms with van der Waals surface area (Å²) in [5, 5.41) is 36.0. The number of pyridine rings is 1. The standard InChI is InChI=1S/C20H29N5O8S/c1-14-17(21)19(28)25(7-11-33-13-9-27)20(29)18(14)24-23-15-2-4-16(5-3-15)34(30,31)22-6-10-32-12-8-26/h2-5,22,26-27,29H,6-13,21H2,1H3/b24-23+. The maximum Gasteiger partial charge on any atom is 0.276 e. The first-order chi connectivity index (χ1) is 16.2. The lowest BCUT2D eigenvalue weighted by Gasteiger charge is -2.13. The van der Waals surface area contributed by atoms with E-state index in [4.69, 9.17) is 25.4 Å². The Hall–Kier alpha value is -2.88. The van der Waals surface area contributed by atoms with E-state index in [1.165, 1.54) is 31.2 Å². The molecule has 1 aromatic heterocycles. The molecule has 1 aromatic carbocycles. The van der Waals surface area contributed by atoms with Crippen molar-refractivity contribution in [3.05, 3.63) is 40.2 Å². The molecule has 0 saturated heterocycles. The lowest BCUT2D eigenvalue weighted by atomic mass is 10.2. The van der Waals surface area contributed by atoms with E-state index < -0.39 is 21.5 Å². The van der Waals surface area contributed by atoms with Crippen LogP contribution in [-0.4, -0.2) is 74.5 Å². The Labute approximate surface area is 196 Å². The summed E-state index contributed by atoms with van der Waals surface area (Å²) in [6.45, 7) is 1.62. The molecule has 13 nitrogen and oxygen atoms in total. The number of anilines is 1. The van der Waals surface area contributed by atoms with Crippen molar-refractivity contribution in [2.45, 2.75) is 18.4 Å². The summed E-state index contributed by atoms with van der Waals surface area (Å²) in [5.41, 5.74) is 5.68. The molecule has 14 heteroatoms. The largest absolute Gasteiger partial charge is 0.493 e. The van der Waals surface area contributed by atoms with Crippen molar-refractivity contribution in [2.24, 2.45) is 10.2 Å². The zero-order valence-electron chi connectivity index (χ0n) is 18.7. The highest BCUT2D eigenvalue weighted by Crippen LogP contribution is 2.33. The SMILES string of the molecule is Cc1c(/N=N/c2ccc(S(=O)(=O)NCCOCCO)cc2)c(O)n(CCOCCO)c(=O)c1N. The van der Waals surface area contributed by atoms with Crippen LogP contribution in [0.4, 0.5) is 17.1 Å². The molecule has 6 N–H and O–H groups in total. The molecule has 0 saturated carbocycles. The Morgan fingerprint density at radius 1 is 1.03 bits per heavy atom. The number of nitrogen functional groups attached to an aromatic ring is 1. The minimum Gasteiger partial charge on any atom is -0.493 e. The molecule has 0 bridgehead atoms. The number of ether oxygens (including phenoxy) is 2. The third kappa shape index (κ3) is 7.31. The number of aliphatic hydroxyl groups excluding tert-OH is 2. The molecule has 0 fully saturated rings. The number of hydrogen-bond donors (Lipinski definition) is 5. The molecule has 2 rings (SSSR count). The summed E-state index contributed by atoms with van der Waals surface area (Å²) in [6.07, 6.45) is 0. The van der Waals surface area contributed by atoms with Crippen LogP contribution in [0.3, 0.4) is 0 Å². The minimum atomic E-state index is -3.76. The van der Waals surface area contributed by atoms with Gasteiger partial charge in [0.2, 0.25) is 15.9 Å². The zero-order valence-corrected chi connectivity index (χ0v) is 19.5. The average Bonchev–Trinajstić information content (AvgIpc) is 2.82. The second kappa shape index (κ2) is 13.1. The van der Waals surface area contributed by atoms with Gasteiger partial charge in [0.25, 0.3) is 5.56 Å². The predicted octanol–water partition coefficient (Wildman–Crippen LogP) is 0.156. The van der Waals surface area contributed by atoms with Crippen LogP contribution in [-0.2, 0) is 26.0 Å². The second-order valence-electron chi connectivity index (χ2n) is 6.93. The predicted molar refractivity (Wildman–Crippen MR) is 123 cm³/mol. The molecule has 0 aliphatic rings. The number of aliphatic hydroxyl groups is 2. The van der Waals surface area contributed by atoms with Gasteiger partial charge in [0.1, 0.15) is 5.69 Å². The maximum atomic E-state index is 12.4. The van der Waals surface area contributed by atoms with Gasteiger partial charge >= 0.3 is 0 Å². The van der Waals surface area contributed by atoms with E-state index in [0.29, 0.717) is 5.69 Å². The lowest BCUT2D eigenvalue weighted by Crippen LogP contribution is -2.27. The summed E-state index contributed by atoms with van der Waals surface area (Å²) < 4.78 is 38.1. The number of aromatic nitrogens is 1. The van der Waals surface area contributed by atoms with Crippen molar-refractivity contribution >= 4 is 27.1 Å². The molecule has 0 spiro atoms. The van der Waals surface area contributed by atoms with Crippen molar-refractivity contribution < 1.29 is 33.2 Å². The van der Waals surface area contributed by atoms with Gasteiger partial charge in [-0.1, -0.05) is 0 Å². The molecule has 0 aliphatic heterocycles. The van der Waals surface area contributed by atoms with Crippen LogP contribution >= 0.6 is 0 Å². The quantitative estimate of drug-likeness (QED) is 0.177. The topological polar surface area (TPSA) is 198 Å². The molecule has 0 amide bonds. The normalized spacial score (nSPS) is 12.0. The lowest BCUT2D eigenvalue weighted by molar-refractivity contribution is 0.0854. The Morgan fingerprint density at radius 2 is 1.65 bits per heavy atom. The summed E-state index contributed by atoms with van der Waals surface area (Å²) in [4.78, 5) is 12.4. The Morgan fingerprint density at radius 3 is 2.26 bits per heavy atom. The summed E-state index contributed by atoms with van der Waals surface area (Å²) in [5.74, 6) is -0.445. The number of rotatable bonds is 14. The number of sulfonamides is 1. The highest BCUT2D eigenvalue weighted by atomic mass is 32.2. The molecule has 1 heterocycles. The van der Waals surface area contributed by atoms with Gasteiger partial charge in [-0.05, 0) is 31.2 Å². The zero-order chi connectivity index (χ0) is 25.1. The first kappa shape index (κ1) is 27.4. The molecule has 2 aromatic rings. The van der Waals surface area contributed by atoms with Crippen LogP contribution in [0.5, 0.6) is 5.88 Å². The first-order valence-electron chi connectivity index (χ1n) is 10.3. The van der Waals surface area contributed by atoms with Crippen LogP contribution in [0.25, 0.3) is 0 Å². The van der Waals surface area contributed by atoms with Crippen LogP contribution in [0.2, 0.25) is 0 Å². The van der Waals surface area contributed by atoms with E-state index >= 15 is 0 Å². The first-order valence-corrected chi connectivity index (χ1v) is 11.8. The van der Waals surface area contributed by atoms with Gasteiger partial charge < -0.3 is 30.5 Å². The van der Waals surface area contributed by atoms with E-state index in [0.717, 1.165) is 4.57 Å². The van der Waals surface area contributed by atoms with E-state index in [-0.39, 0.29) is 74.6 Å². The molecule has 0 radical (unpaired) electrons. The van der Waals surface area contributed by atoms with E-state index in [9.17, 15) is 18.3 Å². The number of aromatic hydroxyl groups is 1. The third-order valence-corrected chi connectivity index (χ3v) is 6.06. The second-order valence-corrected chi connectivity index (χ2v) is 8.70. The number of benzene rings is 1. The van der Waals surface area contributed by atoms with Gasteiger partial charge in [0, 0.05) is 12.1 Å². The Balaban J connectivity index is 2.17. The molecule has 0 aliphatic carbocycles. The number of nitrogens with one attached hydrogen (secondary N) is 1. The van der Waals surface area contributed by atoms with Crippen molar-refractivity contribution in [1.82, 2.24) is 9.29 Å². The summed E-state index contributed by atoms with van der Waals surface area (Å²) in [7, 11) is -3.76. The molecule has 188 valence electrons. The molecule has 34 heavy (non-hydrogen) atoms. The van der Waals surface area contributed by atoms with Gasteiger partial charge in [-0.2, -0.15) is 5.11 Å². The van der Waals surface area contributed by atoms with Crippen molar-refractivity contribution in [3.8, 4) is 5.88 Å². The number of azo groups is 1. The fourth-order valence-electron chi connectivity index (χ4n) is 2.77.